The molecule has 0 aromatic heterocycles. The Morgan fingerprint density at radius 2 is 1.62 bits per heavy atom. The van der Waals surface area contributed by atoms with E-state index >= 15 is 0 Å². The maximum Gasteiger partial charge on any atom is 0.243 e. The van der Waals surface area contributed by atoms with Crippen molar-refractivity contribution < 1.29 is 8.42 Å². The molecule has 2 heterocycles. The molecule has 2 fully saturated rings. The van der Waals surface area contributed by atoms with Crippen LogP contribution < -0.4 is 0 Å². The van der Waals surface area contributed by atoms with Crippen molar-refractivity contribution in [2.24, 2.45) is 17.3 Å². The molecule has 2 bridgehead atoms. The Morgan fingerprint density at radius 3 is 2.17 bits per heavy atom. The van der Waals surface area contributed by atoms with Gasteiger partial charge in [0.05, 0.1) is 4.90 Å². The molecule has 2 aliphatic rings. The smallest absolute Gasteiger partial charge is 0.243 e. The first kappa shape index (κ1) is 17.9. The third kappa shape index (κ3) is 3.26. The van der Waals surface area contributed by atoms with Crippen LogP contribution in [0, 0.1) is 17.3 Å². The molecular formula is C19H30N2O2S. The second-order valence-electron chi connectivity index (χ2n) is 7.96. The zero-order valence-corrected chi connectivity index (χ0v) is 15.9. The molecule has 1 aromatic carbocycles. The summed E-state index contributed by atoms with van der Waals surface area (Å²) in [5.41, 5.74) is 0.214. The topological polar surface area (TPSA) is 40.6 Å². The molecule has 3 rings (SSSR count). The zero-order valence-electron chi connectivity index (χ0n) is 15.1. The molecule has 2 saturated heterocycles. The van der Waals surface area contributed by atoms with Crippen molar-refractivity contribution in [2.45, 2.75) is 38.5 Å². The number of benzene rings is 1. The molecule has 2 aliphatic heterocycles. The van der Waals surface area contributed by atoms with Crippen LogP contribution in [-0.2, 0) is 10.0 Å². The lowest BCUT2D eigenvalue weighted by molar-refractivity contribution is -0.0493. The van der Waals surface area contributed by atoms with E-state index in [1.807, 2.05) is 6.07 Å². The Bertz CT molecular complexity index is 639. The van der Waals surface area contributed by atoms with Crippen molar-refractivity contribution in [3.63, 3.8) is 0 Å². The predicted molar refractivity (Wildman–Crippen MR) is 97.3 cm³/mol. The number of nitrogens with zero attached hydrogens (tertiary/aromatic N) is 2. The van der Waals surface area contributed by atoms with Gasteiger partial charge in [-0.3, -0.25) is 0 Å². The maximum absolute atomic E-state index is 13.0. The highest BCUT2D eigenvalue weighted by Crippen LogP contribution is 2.45. The monoisotopic (exact) mass is 350 g/mol. The number of fused-ring (bicyclic) bond motifs is 2. The Kier molecular flexibility index (Phi) is 5.05. The van der Waals surface area contributed by atoms with E-state index < -0.39 is 10.0 Å². The first-order chi connectivity index (χ1) is 11.4. The minimum atomic E-state index is -3.37. The minimum Gasteiger partial charge on any atom is -0.303 e. The van der Waals surface area contributed by atoms with Crippen molar-refractivity contribution in [2.75, 3.05) is 32.7 Å². The van der Waals surface area contributed by atoms with Crippen LogP contribution in [0.4, 0.5) is 0 Å². The van der Waals surface area contributed by atoms with Crippen molar-refractivity contribution in [3.05, 3.63) is 30.3 Å². The lowest BCUT2D eigenvalue weighted by Gasteiger charge is -2.55. The SMILES string of the molecule is CCCCN1CC2CN(S(=O)(=O)c3ccccc3)CC(C1)C2(C)C. The number of hydrogen-bond acceptors (Lipinski definition) is 3. The summed E-state index contributed by atoms with van der Waals surface area (Å²) in [4.78, 5) is 2.97. The van der Waals surface area contributed by atoms with Crippen LogP contribution in [0.15, 0.2) is 35.2 Å². The predicted octanol–water partition coefficient (Wildman–Crippen LogP) is 3.07. The summed E-state index contributed by atoms with van der Waals surface area (Å²) < 4.78 is 27.7. The van der Waals surface area contributed by atoms with Gasteiger partial charge < -0.3 is 4.90 Å². The third-order valence-electron chi connectivity index (χ3n) is 6.12. The van der Waals surface area contributed by atoms with Gasteiger partial charge in [-0.25, -0.2) is 8.42 Å². The highest BCUT2D eigenvalue weighted by atomic mass is 32.2. The molecule has 5 heteroatoms. The minimum absolute atomic E-state index is 0.214. The quantitative estimate of drug-likeness (QED) is 0.819. The van der Waals surface area contributed by atoms with Crippen LogP contribution >= 0.6 is 0 Å². The first-order valence-electron chi connectivity index (χ1n) is 9.13. The molecule has 4 nitrogen and oxygen atoms in total. The molecular weight excluding hydrogens is 320 g/mol. The molecule has 0 aliphatic carbocycles. The maximum atomic E-state index is 13.0. The lowest BCUT2D eigenvalue weighted by Crippen LogP contribution is -2.62. The number of piperidine rings is 2. The van der Waals surface area contributed by atoms with E-state index in [9.17, 15) is 8.42 Å². The summed E-state index contributed by atoms with van der Waals surface area (Å²) in [6.07, 6.45) is 2.44. The van der Waals surface area contributed by atoms with E-state index in [2.05, 4.69) is 25.7 Å². The van der Waals surface area contributed by atoms with Gasteiger partial charge in [-0.1, -0.05) is 45.4 Å². The van der Waals surface area contributed by atoms with E-state index in [0.717, 1.165) is 19.6 Å². The third-order valence-corrected chi connectivity index (χ3v) is 7.96. The largest absolute Gasteiger partial charge is 0.303 e. The normalized spacial score (nSPS) is 28.0. The van der Waals surface area contributed by atoms with Gasteiger partial charge in [0, 0.05) is 26.2 Å². The summed E-state index contributed by atoms with van der Waals surface area (Å²) in [6.45, 7) is 11.3. The summed E-state index contributed by atoms with van der Waals surface area (Å²) in [6, 6.07) is 8.87. The van der Waals surface area contributed by atoms with Crippen molar-refractivity contribution in [1.82, 2.24) is 9.21 Å². The van der Waals surface area contributed by atoms with Gasteiger partial charge in [-0.15, -0.1) is 0 Å². The van der Waals surface area contributed by atoms with Gasteiger partial charge >= 0.3 is 0 Å². The number of likely N-dealkylation sites (tertiary alicyclic amines) is 1. The Labute approximate surface area is 146 Å². The standard InChI is InChI=1S/C19H30N2O2S/c1-4-5-11-20-12-16-14-21(15-17(13-20)19(16,2)3)24(22,23)18-9-7-6-8-10-18/h6-10,16-17H,4-5,11-15H2,1-3H3. The van der Waals surface area contributed by atoms with Crippen LogP contribution in [0.25, 0.3) is 0 Å². The highest BCUT2D eigenvalue weighted by molar-refractivity contribution is 7.89. The average Bonchev–Trinajstić information content (AvgIpc) is 2.53. The van der Waals surface area contributed by atoms with E-state index in [4.69, 9.17) is 0 Å². The second kappa shape index (κ2) is 6.77. The van der Waals surface area contributed by atoms with Gasteiger partial charge in [0.1, 0.15) is 0 Å². The molecule has 2 atom stereocenters. The van der Waals surface area contributed by atoms with Gasteiger partial charge in [-0.05, 0) is 42.3 Å². The fourth-order valence-corrected chi connectivity index (χ4v) is 5.71. The highest BCUT2D eigenvalue weighted by Gasteiger charge is 2.49. The van der Waals surface area contributed by atoms with Gasteiger partial charge in [-0.2, -0.15) is 4.31 Å². The summed E-state index contributed by atoms with van der Waals surface area (Å²) >= 11 is 0. The van der Waals surface area contributed by atoms with Crippen molar-refractivity contribution in [1.29, 1.82) is 0 Å². The van der Waals surface area contributed by atoms with Crippen LogP contribution in [0.3, 0.4) is 0 Å². The number of sulfonamides is 1. The fraction of sp³-hybridized carbons (Fsp3) is 0.684. The number of hydrogen-bond donors (Lipinski definition) is 0. The van der Waals surface area contributed by atoms with E-state index in [0.29, 0.717) is 29.8 Å². The number of unbranched alkanes of at least 4 members (excludes halogenated alkanes) is 1. The summed E-state index contributed by atoms with van der Waals surface area (Å²) in [7, 11) is -3.37. The van der Waals surface area contributed by atoms with Crippen LogP contribution in [0.2, 0.25) is 0 Å². The number of rotatable bonds is 5. The Balaban J connectivity index is 1.80. The van der Waals surface area contributed by atoms with Crippen LogP contribution in [0.5, 0.6) is 0 Å². The Hall–Kier alpha value is -0.910. The first-order valence-corrected chi connectivity index (χ1v) is 10.6. The molecule has 0 N–H and O–H groups in total. The van der Waals surface area contributed by atoms with Crippen LogP contribution in [0.1, 0.15) is 33.6 Å². The molecule has 2 unspecified atom stereocenters. The van der Waals surface area contributed by atoms with E-state index in [1.54, 1.807) is 28.6 Å². The second-order valence-corrected chi connectivity index (χ2v) is 9.90. The van der Waals surface area contributed by atoms with Gasteiger partial charge in [0.25, 0.3) is 0 Å². The van der Waals surface area contributed by atoms with E-state index in [-0.39, 0.29) is 5.41 Å². The summed E-state index contributed by atoms with van der Waals surface area (Å²) in [5, 5.41) is 0. The fourth-order valence-electron chi connectivity index (χ4n) is 4.16. The van der Waals surface area contributed by atoms with Gasteiger partial charge in [0.15, 0.2) is 0 Å². The summed E-state index contributed by atoms with van der Waals surface area (Å²) in [5.74, 6) is 0.806. The molecule has 0 spiro atoms. The molecule has 0 amide bonds. The zero-order chi connectivity index (χ0) is 17.4. The lowest BCUT2D eigenvalue weighted by atomic mass is 9.64. The average molecular weight is 351 g/mol. The van der Waals surface area contributed by atoms with E-state index in [1.165, 1.54) is 12.8 Å². The van der Waals surface area contributed by atoms with Crippen molar-refractivity contribution in [3.8, 4) is 0 Å². The molecule has 1 aromatic rings. The van der Waals surface area contributed by atoms with Crippen molar-refractivity contribution >= 4 is 10.0 Å². The molecule has 0 radical (unpaired) electrons. The molecule has 24 heavy (non-hydrogen) atoms. The van der Waals surface area contributed by atoms with Gasteiger partial charge in [0.2, 0.25) is 10.0 Å². The molecule has 134 valence electrons. The Morgan fingerprint density at radius 1 is 1.04 bits per heavy atom. The molecule has 0 saturated carbocycles. The van der Waals surface area contributed by atoms with Crippen LogP contribution in [-0.4, -0.2) is 50.3 Å².